The van der Waals surface area contributed by atoms with Gasteiger partial charge in [0.25, 0.3) is 0 Å². The fourth-order valence-corrected chi connectivity index (χ4v) is 7.48. The zero-order valence-corrected chi connectivity index (χ0v) is 26.1. The largest absolute Gasteiger partial charge is 0.497 e. The molecule has 0 saturated carbocycles. The highest BCUT2D eigenvalue weighted by molar-refractivity contribution is 6.08. The van der Waals surface area contributed by atoms with Gasteiger partial charge in [0.2, 0.25) is 0 Å². The first-order chi connectivity index (χ1) is 22.6. The third kappa shape index (κ3) is 4.10. The number of methoxy groups -OCH3 is 3. The lowest BCUT2D eigenvalue weighted by atomic mass is 9.78. The molecule has 1 aliphatic carbocycles. The highest BCUT2D eigenvalue weighted by Crippen LogP contribution is 2.59. The van der Waals surface area contributed by atoms with Crippen LogP contribution in [0.5, 0.6) is 17.2 Å². The summed E-state index contributed by atoms with van der Waals surface area (Å²) in [6.07, 6.45) is 5.14. The highest BCUT2D eigenvalue weighted by Gasteiger charge is 2.49. The van der Waals surface area contributed by atoms with Crippen LogP contribution in [0.2, 0.25) is 0 Å². The molecule has 0 spiro atoms. The maximum absolute atomic E-state index is 7.44. The molecule has 0 bridgehead atoms. The lowest BCUT2D eigenvalue weighted by molar-refractivity contribution is 0.0255. The first-order valence-electron chi connectivity index (χ1n) is 15.6. The molecular weight excluding hydrogens is 568 g/mol. The van der Waals surface area contributed by atoms with Gasteiger partial charge in [0, 0.05) is 41.2 Å². The molecule has 46 heavy (non-hydrogen) atoms. The van der Waals surface area contributed by atoms with Crippen molar-refractivity contribution in [1.82, 2.24) is 0 Å². The van der Waals surface area contributed by atoms with Gasteiger partial charge in [0.1, 0.15) is 22.8 Å². The molecule has 8 rings (SSSR count). The number of hydrogen-bond acceptors (Lipinski definition) is 4. The van der Waals surface area contributed by atoms with Crippen LogP contribution in [0.25, 0.3) is 28.0 Å². The van der Waals surface area contributed by atoms with Crippen LogP contribution < -0.4 is 14.2 Å². The average molecular weight is 603 g/mol. The summed E-state index contributed by atoms with van der Waals surface area (Å²) >= 11 is 0. The van der Waals surface area contributed by atoms with E-state index in [-0.39, 0.29) is 0 Å². The second kappa shape index (κ2) is 10.9. The standard InChI is InChI=1S/C42H34O4/c1-43-31-21-17-29(18-22-31)41(30-19-23-32(44-2)24-20-30)26-25-36-39-38(33-13-7-8-14-34(33)40(36)46-41)35-15-9-10-16-37(35)42(39,45-3)27-28-11-5-4-6-12-28/h4-26H,27H2,1-3H3. The highest BCUT2D eigenvalue weighted by atomic mass is 16.5. The molecule has 0 aromatic heterocycles. The van der Waals surface area contributed by atoms with Crippen molar-refractivity contribution in [2.24, 2.45) is 0 Å². The van der Waals surface area contributed by atoms with E-state index in [9.17, 15) is 0 Å². The van der Waals surface area contributed by atoms with Crippen molar-refractivity contribution in [1.29, 1.82) is 0 Å². The normalized spacial score (nSPS) is 17.1. The molecule has 0 N–H and O–H groups in total. The average Bonchev–Trinajstić information content (AvgIpc) is 3.42. The van der Waals surface area contributed by atoms with Gasteiger partial charge in [-0.15, -0.1) is 0 Å². The molecule has 6 aromatic rings. The van der Waals surface area contributed by atoms with Gasteiger partial charge < -0.3 is 18.9 Å². The van der Waals surface area contributed by atoms with Crippen LogP contribution in [-0.4, -0.2) is 21.3 Å². The number of benzene rings is 6. The van der Waals surface area contributed by atoms with Crippen molar-refractivity contribution < 1.29 is 18.9 Å². The summed E-state index contributed by atoms with van der Waals surface area (Å²) in [6.45, 7) is 0. The first-order valence-corrected chi connectivity index (χ1v) is 15.6. The Balaban J connectivity index is 1.43. The van der Waals surface area contributed by atoms with Crippen molar-refractivity contribution in [3.05, 3.63) is 167 Å². The Kier molecular flexibility index (Phi) is 6.70. The molecular formula is C42H34O4. The Morgan fingerprint density at radius 2 is 1.20 bits per heavy atom. The minimum absolute atomic E-state index is 0.690. The van der Waals surface area contributed by atoms with Crippen molar-refractivity contribution in [3.63, 3.8) is 0 Å². The molecule has 1 aliphatic heterocycles. The van der Waals surface area contributed by atoms with Crippen molar-refractivity contribution in [2.75, 3.05) is 21.3 Å². The predicted molar refractivity (Wildman–Crippen MR) is 184 cm³/mol. The molecule has 4 nitrogen and oxygen atoms in total. The molecule has 0 amide bonds. The summed E-state index contributed by atoms with van der Waals surface area (Å²) in [5, 5.41) is 2.21. The monoisotopic (exact) mass is 602 g/mol. The van der Waals surface area contributed by atoms with Crippen LogP contribution in [0, 0.1) is 0 Å². The summed E-state index contributed by atoms with van der Waals surface area (Å²) in [5.74, 6) is 2.42. The van der Waals surface area contributed by atoms with Crippen LogP contribution in [0.1, 0.15) is 33.4 Å². The van der Waals surface area contributed by atoms with E-state index >= 15 is 0 Å². The Hall–Kier alpha value is -5.32. The Morgan fingerprint density at radius 3 is 1.83 bits per heavy atom. The van der Waals surface area contributed by atoms with E-state index in [0.717, 1.165) is 50.3 Å². The molecule has 1 heterocycles. The summed E-state index contributed by atoms with van der Waals surface area (Å²) in [6, 6.07) is 44.2. The van der Waals surface area contributed by atoms with Gasteiger partial charge in [0.05, 0.1) is 14.2 Å². The minimum Gasteiger partial charge on any atom is -0.497 e. The molecule has 0 saturated heterocycles. The summed E-state index contributed by atoms with van der Waals surface area (Å²) in [5.41, 5.74) is 7.35. The smallest absolute Gasteiger partial charge is 0.178 e. The van der Waals surface area contributed by atoms with Crippen LogP contribution in [-0.2, 0) is 22.4 Å². The van der Waals surface area contributed by atoms with Gasteiger partial charge in [-0.05, 0) is 58.0 Å². The SMILES string of the molecule is COc1ccc(C2(c3ccc(OC)cc3)C=Cc3c4c(c5ccccc5c3O2)-c2ccccc2C4(Cc2ccccc2)OC)cc1. The molecule has 4 heteroatoms. The summed E-state index contributed by atoms with van der Waals surface area (Å²) in [7, 11) is 5.20. The number of fused-ring (bicyclic) bond motifs is 8. The third-order valence-corrected chi connectivity index (χ3v) is 9.67. The van der Waals surface area contributed by atoms with E-state index in [2.05, 4.69) is 115 Å². The van der Waals surface area contributed by atoms with E-state index in [0.29, 0.717) is 6.42 Å². The fourth-order valence-electron chi connectivity index (χ4n) is 7.48. The van der Waals surface area contributed by atoms with Crippen LogP contribution >= 0.6 is 0 Å². The number of hydrogen-bond donors (Lipinski definition) is 0. The molecule has 2 aliphatic rings. The Labute approximate surface area is 269 Å². The first kappa shape index (κ1) is 28.2. The van der Waals surface area contributed by atoms with E-state index in [4.69, 9.17) is 18.9 Å². The Morgan fingerprint density at radius 1 is 0.609 bits per heavy atom. The minimum atomic E-state index is -0.900. The van der Waals surface area contributed by atoms with Crippen molar-refractivity contribution in [3.8, 4) is 28.4 Å². The maximum Gasteiger partial charge on any atom is 0.178 e. The van der Waals surface area contributed by atoms with Crippen molar-refractivity contribution in [2.45, 2.75) is 17.6 Å². The molecule has 6 aromatic carbocycles. The lowest BCUT2D eigenvalue weighted by Crippen LogP contribution is -2.36. The zero-order valence-electron chi connectivity index (χ0n) is 26.1. The zero-order chi connectivity index (χ0) is 31.3. The van der Waals surface area contributed by atoms with E-state index in [1.54, 1.807) is 14.2 Å². The van der Waals surface area contributed by atoms with Gasteiger partial charge in [-0.1, -0.05) is 109 Å². The second-order valence-electron chi connectivity index (χ2n) is 11.9. The molecule has 226 valence electrons. The third-order valence-electron chi connectivity index (χ3n) is 9.67. The maximum atomic E-state index is 7.44. The van der Waals surface area contributed by atoms with Gasteiger partial charge in [0.15, 0.2) is 5.60 Å². The number of ether oxygens (including phenoxy) is 4. The summed E-state index contributed by atoms with van der Waals surface area (Å²) < 4.78 is 25.2. The molecule has 0 radical (unpaired) electrons. The van der Waals surface area contributed by atoms with Gasteiger partial charge in [-0.25, -0.2) is 0 Å². The summed E-state index contributed by atoms with van der Waals surface area (Å²) in [4.78, 5) is 0. The van der Waals surface area contributed by atoms with Crippen molar-refractivity contribution >= 4 is 16.8 Å². The fraction of sp³-hybridized carbons (Fsp3) is 0.143. The van der Waals surface area contributed by atoms with Crippen LogP contribution in [0.15, 0.2) is 133 Å². The van der Waals surface area contributed by atoms with E-state index < -0.39 is 11.2 Å². The second-order valence-corrected chi connectivity index (χ2v) is 11.9. The molecule has 1 unspecified atom stereocenters. The molecule has 0 fully saturated rings. The van der Waals surface area contributed by atoms with Gasteiger partial charge in [-0.2, -0.15) is 0 Å². The van der Waals surface area contributed by atoms with E-state index in [1.807, 2.05) is 31.4 Å². The van der Waals surface area contributed by atoms with Gasteiger partial charge in [-0.3, -0.25) is 0 Å². The number of rotatable bonds is 7. The van der Waals surface area contributed by atoms with E-state index in [1.165, 1.54) is 22.3 Å². The Bertz CT molecular complexity index is 2050. The van der Waals surface area contributed by atoms with Gasteiger partial charge >= 0.3 is 0 Å². The van der Waals surface area contributed by atoms with Crippen LogP contribution in [0.3, 0.4) is 0 Å². The van der Waals surface area contributed by atoms with Crippen LogP contribution in [0.4, 0.5) is 0 Å². The predicted octanol–water partition coefficient (Wildman–Crippen LogP) is 9.32. The molecule has 1 atom stereocenters. The topological polar surface area (TPSA) is 36.9 Å². The quantitative estimate of drug-likeness (QED) is 0.183. The lowest BCUT2D eigenvalue weighted by Gasteiger charge is -2.39.